The summed E-state index contributed by atoms with van der Waals surface area (Å²) in [5.41, 5.74) is 0.634. The Morgan fingerprint density at radius 2 is 2.29 bits per heavy atom. The van der Waals surface area contributed by atoms with Crippen LogP contribution in [0.2, 0.25) is 0 Å². The van der Waals surface area contributed by atoms with Crippen molar-refractivity contribution in [1.29, 1.82) is 0 Å². The molecular weight excluding hydrogens is 178 g/mol. The maximum absolute atomic E-state index is 10.8. The molecule has 72 valence electrons. The Bertz CT molecular complexity index is 366. The van der Waals surface area contributed by atoms with Gasteiger partial charge in [-0.15, -0.1) is 6.42 Å². The number of benzene rings is 1. The highest BCUT2D eigenvalue weighted by Gasteiger charge is 2.02. The average molecular weight is 189 g/mol. The van der Waals surface area contributed by atoms with Crippen molar-refractivity contribution in [3.8, 4) is 18.1 Å². The normalized spacial score (nSPS) is 8.86. The maximum atomic E-state index is 10.8. The molecule has 0 fully saturated rings. The molecule has 1 aromatic rings. The molecule has 0 unspecified atom stereocenters. The van der Waals surface area contributed by atoms with E-state index in [4.69, 9.17) is 11.2 Å². The van der Waals surface area contributed by atoms with Crippen LogP contribution in [0.3, 0.4) is 0 Å². The number of ether oxygens (including phenoxy) is 1. The standard InChI is InChI=1S/C11H11NO2/c1-3-8-14-11-7-5-4-6-10(11)12-9(2)13/h1,4-7H,8H2,2H3,(H,12,13). The van der Waals surface area contributed by atoms with Crippen LogP contribution in [0.4, 0.5) is 5.69 Å². The summed E-state index contributed by atoms with van der Waals surface area (Å²) in [4.78, 5) is 10.8. The average Bonchev–Trinajstić information content (AvgIpc) is 2.16. The van der Waals surface area contributed by atoms with Crippen LogP contribution < -0.4 is 10.1 Å². The van der Waals surface area contributed by atoms with Crippen LogP contribution in [0.5, 0.6) is 5.75 Å². The Hall–Kier alpha value is -1.95. The smallest absolute Gasteiger partial charge is 0.221 e. The predicted molar refractivity (Wildman–Crippen MR) is 55.1 cm³/mol. The summed E-state index contributed by atoms with van der Waals surface area (Å²) < 4.78 is 5.24. The van der Waals surface area contributed by atoms with Crippen LogP contribution >= 0.6 is 0 Å². The molecule has 0 aliphatic rings. The predicted octanol–water partition coefficient (Wildman–Crippen LogP) is 1.66. The second kappa shape index (κ2) is 4.93. The fourth-order valence-corrected chi connectivity index (χ4v) is 1.00. The van der Waals surface area contributed by atoms with Gasteiger partial charge < -0.3 is 10.1 Å². The van der Waals surface area contributed by atoms with E-state index in [0.717, 1.165) is 0 Å². The zero-order valence-corrected chi connectivity index (χ0v) is 7.91. The third kappa shape index (κ3) is 2.83. The fourth-order valence-electron chi connectivity index (χ4n) is 1.00. The van der Waals surface area contributed by atoms with Crippen LogP contribution in [-0.4, -0.2) is 12.5 Å². The second-order valence-electron chi connectivity index (χ2n) is 2.67. The molecule has 0 aliphatic heterocycles. The van der Waals surface area contributed by atoms with E-state index in [1.165, 1.54) is 6.92 Å². The van der Waals surface area contributed by atoms with Gasteiger partial charge in [-0.1, -0.05) is 18.1 Å². The van der Waals surface area contributed by atoms with Gasteiger partial charge in [-0.05, 0) is 12.1 Å². The van der Waals surface area contributed by atoms with Gasteiger partial charge >= 0.3 is 0 Å². The lowest BCUT2D eigenvalue weighted by Gasteiger charge is -2.08. The summed E-state index contributed by atoms with van der Waals surface area (Å²) in [6, 6.07) is 7.14. The molecule has 1 N–H and O–H groups in total. The number of para-hydroxylation sites is 2. The molecule has 0 atom stereocenters. The molecule has 14 heavy (non-hydrogen) atoms. The van der Waals surface area contributed by atoms with Gasteiger partial charge in [-0.3, -0.25) is 4.79 Å². The van der Waals surface area contributed by atoms with Crippen molar-refractivity contribution in [3.05, 3.63) is 24.3 Å². The third-order valence-corrected chi connectivity index (χ3v) is 1.51. The monoisotopic (exact) mass is 189 g/mol. The van der Waals surface area contributed by atoms with Crippen LogP contribution in [0.15, 0.2) is 24.3 Å². The zero-order chi connectivity index (χ0) is 10.4. The number of hydrogen-bond acceptors (Lipinski definition) is 2. The van der Waals surface area contributed by atoms with Crippen molar-refractivity contribution < 1.29 is 9.53 Å². The zero-order valence-electron chi connectivity index (χ0n) is 7.91. The molecule has 0 saturated heterocycles. The van der Waals surface area contributed by atoms with Gasteiger partial charge in [0.2, 0.25) is 5.91 Å². The minimum absolute atomic E-state index is 0.137. The number of anilines is 1. The SMILES string of the molecule is C#CCOc1ccccc1NC(C)=O. The van der Waals surface area contributed by atoms with E-state index >= 15 is 0 Å². The molecule has 0 saturated carbocycles. The highest BCUT2D eigenvalue weighted by Crippen LogP contribution is 2.23. The number of nitrogens with one attached hydrogen (secondary N) is 1. The first-order chi connectivity index (χ1) is 6.74. The van der Waals surface area contributed by atoms with E-state index in [1.54, 1.807) is 12.1 Å². The molecule has 3 nitrogen and oxygen atoms in total. The maximum Gasteiger partial charge on any atom is 0.221 e. The third-order valence-electron chi connectivity index (χ3n) is 1.51. The van der Waals surface area contributed by atoms with Crippen molar-refractivity contribution in [2.45, 2.75) is 6.92 Å². The van der Waals surface area contributed by atoms with Crippen molar-refractivity contribution in [2.24, 2.45) is 0 Å². The Kier molecular flexibility index (Phi) is 3.57. The molecule has 0 bridgehead atoms. The lowest BCUT2D eigenvalue weighted by molar-refractivity contribution is -0.114. The van der Waals surface area contributed by atoms with Gasteiger partial charge in [0.1, 0.15) is 12.4 Å². The first kappa shape index (κ1) is 10.1. The van der Waals surface area contributed by atoms with Crippen molar-refractivity contribution in [3.63, 3.8) is 0 Å². The first-order valence-electron chi connectivity index (χ1n) is 4.17. The molecule has 3 heteroatoms. The van der Waals surface area contributed by atoms with E-state index in [-0.39, 0.29) is 12.5 Å². The van der Waals surface area contributed by atoms with E-state index in [2.05, 4.69) is 11.2 Å². The molecule has 0 spiro atoms. The fraction of sp³-hybridized carbons (Fsp3) is 0.182. The second-order valence-corrected chi connectivity index (χ2v) is 2.67. The highest BCUT2D eigenvalue weighted by molar-refractivity contribution is 5.90. The van der Waals surface area contributed by atoms with Crippen molar-refractivity contribution in [2.75, 3.05) is 11.9 Å². The number of terminal acetylenes is 1. The van der Waals surface area contributed by atoms with Gasteiger partial charge in [0.25, 0.3) is 0 Å². The minimum Gasteiger partial charge on any atom is -0.479 e. The van der Waals surface area contributed by atoms with Crippen LogP contribution in [-0.2, 0) is 4.79 Å². The lowest BCUT2D eigenvalue weighted by Crippen LogP contribution is -2.07. The lowest BCUT2D eigenvalue weighted by atomic mass is 10.3. The first-order valence-corrected chi connectivity index (χ1v) is 4.17. The van der Waals surface area contributed by atoms with Gasteiger partial charge in [0, 0.05) is 6.92 Å². The van der Waals surface area contributed by atoms with Crippen LogP contribution in [0.1, 0.15) is 6.92 Å². The minimum atomic E-state index is -0.137. The summed E-state index contributed by atoms with van der Waals surface area (Å²) in [6.45, 7) is 1.63. The Balaban J connectivity index is 2.81. The molecule has 1 rings (SSSR count). The summed E-state index contributed by atoms with van der Waals surface area (Å²) >= 11 is 0. The molecule has 0 aromatic heterocycles. The summed E-state index contributed by atoms with van der Waals surface area (Å²) in [5, 5.41) is 2.65. The number of rotatable bonds is 3. The van der Waals surface area contributed by atoms with Crippen LogP contribution in [0.25, 0.3) is 0 Å². The Morgan fingerprint density at radius 3 is 2.93 bits per heavy atom. The number of carbonyl (C=O) groups excluding carboxylic acids is 1. The number of hydrogen-bond donors (Lipinski definition) is 1. The van der Waals surface area contributed by atoms with Gasteiger partial charge in [-0.2, -0.15) is 0 Å². The van der Waals surface area contributed by atoms with Crippen molar-refractivity contribution >= 4 is 11.6 Å². The molecule has 1 amide bonds. The van der Waals surface area contributed by atoms with Gasteiger partial charge in [0.05, 0.1) is 5.69 Å². The van der Waals surface area contributed by atoms with E-state index in [9.17, 15) is 4.79 Å². The highest BCUT2D eigenvalue weighted by atomic mass is 16.5. The largest absolute Gasteiger partial charge is 0.479 e. The quantitative estimate of drug-likeness (QED) is 0.734. The molecular formula is C11H11NO2. The van der Waals surface area contributed by atoms with E-state index < -0.39 is 0 Å². The van der Waals surface area contributed by atoms with Crippen LogP contribution in [0, 0.1) is 12.3 Å². The Labute approximate surface area is 83.1 Å². The molecule has 0 heterocycles. The van der Waals surface area contributed by atoms with Gasteiger partial charge in [-0.25, -0.2) is 0 Å². The van der Waals surface area contributed by atoms with Crippen molar-refractivity contribution in [1.82, 2.24) is 0 Å². The Morgan fingerprint density at radius 1 is 1.57 bits per heavy atom. The summed E-state index contributed by atoms with van der Waals surface area (Å²) in [6.07, 6.45) is 5.07. The molecule has 1 aromatic carbocycles. The van der Waals surface area contributed by atoms with Gasteiger partial charge in [0.15, 0.2) is 0 Å². The molecule has 0 aliphatic carbocycles. The topological polar surface area (TPSA) is 38.3 Å². The summed E-state index contributed by atoms with van der Waals surface area (Å²) in [5.74, 6) is 2.81. The van der Waals surface area contributed by atoms with E-state index in [1.807, 2.05) is 12.1 Å². The summed E-state index contributed by atoms with van der Waals surface area (Å²) in [7, 11) is 0. The number of amides is 1. The number of carbonyl (C=O) groups is 1. The molecule has 0 radical (unpaired) electrons. The van der Waals surface area contributed by atoms with E-state index in [0.29, 0.717) is 11.4 Å².